The normalized spacial score (nSPS) is 26.7. The Hall–Kier alpha value is -3.26. The fourth-order valence-corrected chi connectivity index (χ4v) is 5.26. The molecule has 3 aliphatic rings. The SMILES string of the molecule is O=C(CN1C(=O)N(c2ccccc2)C(=O)C2OC3CCCCC3C21)NCc1ccc(F)cc1. The molecule has 3 fully saturated rings. The summed E-state index contributed by atoms with van der Waals surface area (Å²) in [6.07, 6.45) is 2.92. The Bertz CT molecular complexity index is 1050. The summed E-state index contributed by atoms with van der Waals surface area (Å²) >= 11 is 0. The van der Waals surface area contributed by atoms with E-state index in [2.05, 4.69) is 5.32 Å². The van der Waals surface area contributed by atoms with Crippen molar-refractivity contribution < 1.29 is 23.5 Å². The summed E-state index contributed by atoms with van der Waals surface area (Å²) in [6.45, 7) is 0.0451. The molecule has 4 atom stereocenters. The molecule has 0 bridgehead atoms. The minimum atomic E-state index is -0.777. The van der Waals surface area contributed by atoms with E-state index < -0.39 is 18.2 Å². The number of halogens is 1. The molecule has 0 radical (unpaired) electrons. The zero-order valence-electron chi connectivity index (χ0n) is 18.2. The maximum absolute atomic E-state index is 13.6. The Balaban J connectivity index is 1.38. The van der Waals surface area contributed by atoms with E-state index in [9.17, 15) is 18.8 Å². The number of nitrogens with one attached hydrogen (secondary N) is 1. The zero-order chi connectivity index (χ0) is 22.9. The molecule has 8 heteroatoms. The van der Waals surface area contributed by atoms with Gasteiger partial charge in [0.05, 0.1) is 17.8 Å². The molecule has 1 N–H and O–H groups in total. The van der Waals surface area contributed by atoms with Gasteiger partial charge < -0.3 is 15.0 Å². The van der Waals surface area contributed by atoms with E-state index in [1.54, 1.807) is 36.4 Å². The van der Waals surface area contributed by atoms with Crippen LogP contribution in [-0.4, -0.2) is 47.5 Å². The van der Waals surface area contributed by atoms with Gasteiger partial charge in [-0.05, 0) is 42.7 Å². The Labute approximate surface area is 191 Å². The summed E-state index contributed by atoms with van der Waals surface area (Å²) in [5.74, 6) is -1.01. The maximum atomic E-state index is 13.6. The summed E-state index contributed by atoms with van der Waals surface area (Å²) in [7, 11) is 0. The fourth-order valence-electron chi connectivity index (χ4n) is 5.26. The van der Waals surface area contributed by atoms with Crippen LogP contribution in [0.2, 0.25) is 0 Å². The van der Waals surface area contributed by atoms with Crippen LogP contribution < -0.4 is 10.2 Å². The molecular weight excluding hydrogens is 425 g/mol. The van der Waals surface area contributed by atoms with Crippen molar-refractivity contribution in [1.29, 1.82) is 0 Å². The fraction of sp³-hybridized carbons (Fsp3) is 0.400. The highest BCUT2D eigenvalue weighted by atomic mass is 19.1. The van der Waals surface area contributed by atoms with E-state index >= 15 is 0 Å². The van der Waals surface area contributed by atoms with Gasteiger partial charge in [0.25, 0.3) is 5.91 Å². The molecule has 1 aliphatic carbocycles. The second-order valence-corrected chi connectivity index (χ2v) is 8.86. The standard InChI is InChI=1S/C25H26FN3O4/c26-17-12-10-16(11-13-17)14-27-21(30)15-28-22-19-8-4-5-9-20(19)33-23(22)24(31)29(25(28)32)18-6-2-1-3-7-18/h1-3,6-7,10-13,19-20,22-23H,4-5,8-9,14-15H2,(H,27,30). The van der Waals surface area contributed by atoms with Crippen LogP contribution in [0.1, 0.15) is 31.2 Å². The highest BCUT2D eigenvalue weighted by Crippen LogP contribution is 2.43. The summed E-state index contributed by atoms with van der Waals surface area (Å²) in [6, 6.07) is 13.7. The van der Waals surface area contributed by atoms with Crippen molar-refractivity contribution >= 4 is 23.5 Å². The Kier molecular flexibility index (Phi) is 5.85. The van der Waals surface area contributed by atoms with Gasteiger partial charge in [-0.15, -0.1) is 0 Å². The Morgan fingerprint density at radius 1 is 1.03 bits per heavy atom. The minimum absolute atomic E-state index is 0.0412. The van der Waals surface area contributed by atoms with Crippen molar-refractivity contribution in [2.75, 3.05) is 11.4 Å². The largest absolute Gasteiger partial charge is 0.363 e. The van der Waals surface area contributed by atoms with Crippen LogP contribution in [-0.2, 0) is 20.9 Å². The molecule has 4 amide bonds. The van der Waals surface area contributed by atoms with E-state index in [0.717, 1.165) is 36.1 Å². The third-order valence-corrected chi connectivity index (χ3v) is 6.82. The number of anilines is 1. The molecule has 2 heterocycles. The van der Waals surface area contributed by atoms with Gasteiger partial charge in [-0.25, -0.2) is 14.1 Å². The van der Waals surface area contributed by atoms with Crippen molar-refractivity contribution in [2.45, 2.75) is 50.5 Å². The second kappa shape index (κ2) is 8.94. The highest BCUT2D eigenvalue weighted by molar-refractivity contribution is 6.18. The number of hydrogen-bond donors (Lipinski definition) is 1. The summed E-state index contributed by atoms with van der Waals surface area (Å²) < 4.78 is 19.3. The van der Waals surface area contributed by atoms with Crippen LogP contribution in [0.4, 0.5) is 14.9 Å². The molecular formula is C25H26FN3O4. The number of rotatable bonds is 5. The number of carbonyl (C=O) groups is 3. The molecule has 1 saturated carbocycles. The first-order valence-electron chi connectivity index (χ1n) is 11.4. The van der Waals surface area contributed by atoms with Gasteiger partial charge in [-0.2, -0.15) is 0 Å². The monoisotopic (exact) mass is 451 g/mol. The number of amides is 4. The Morgan fingerprint density at radius 2 is 1.76 bits per heavy atom. The van der Waals surface area contributed by atoms with Crippen molar-refractivity contribution in [3.05, 3.63) is 66.0 Å². The van der Waals surface area contributed by atoms with Crippen LogP contribution in [0, 0.1) is 11.7 Å². The highest BCUT2D eigenvalue weighted by Gasteiger charge is 2.57. The van der Waals surface area contributed by atoms with Gasteiger partial charge in [-0.1, -0.05) is 43.2 Å². The first kappa shape index (κ1) is 21.6. The van der Waals surface area contributed by atoms with Crippen molar-refractivity contribution in [2.24, 2.45) is 5.92 Å². The molecule has 0 aromatic heterocycles. The van der Waals surface area contributed by atoms with E-state index in [-0.39, 0.29) is 42.7 Å². The van der Waals surface area contributed by atoms with Gasteiger partial charge in [0, 0.05) is 12.5 Å². The lowest BCUT2D eigenvalue weighted by Crippen LogP contribution is -2.66. The lowest BCUT2D eigenvalue weighted by atomic mass is 9.81. The molecule has 33 heavy (non-hydrogen) atoms. The molecule has 2 aliphatic heterocycles. The number of ether oxygens (including phenoxy) is 1. The van der Waals surface area contributed by atoms with Crippen LogP contribution >= 0.6 is 0 Å². The van der Waals surface area contributed by atoms with E-state index in [4.69, 9.17) is 4.74 Å². The van der Waals surface area contributed by atoms with E-state index in [1.807, 2.05) is 6.07 Å². The van der Waals surface area contributed by atoms with Crippen LogP contribution in [0.15, 0.2) is 54.6 Å². The van der Waals surface area contributed by atoms with Gasteiger partial charge in [0.2, 0.25) is 5.91 Å². The average molecular weight is 451 g/mol. The number of imide groups is 1. The average Bonchev–Trinajstić information content (AvgIpc) is 3.22. The van der Waals surface area contributed by atoms with Crippen LogP contribution in [0.5, 0.6) is 0 Å². The van der Waals surface area contributed by atoms with Crippen molar-refractivity contribution in [3.63, 3.8) is 0 Å². The quantitative estimate of drug-likeness (QED) is 0.757. The predicted octanol–water partition coefficient (Wildman–Crippen LogP) is 3.24. The summed E-state index contributed by atoms with van der Waals surface area (Å²) in [4.78, 5) is 42.4. The van der Waals surface area contributed by atoms with Crippen LogP contribution in [0.3, 0.4) is 0 Å². The first-order valence-corrected chi connectivity index (χ1v) is 11.4. The van der Waals surface area contributed by atoms with Gasteiger partial charge >= 0.3 is 6.03 Å². The van der Waals surface area contributed by atoms with E-state index in [0.29, 0.717) is 5.69 Å². The van der Waals surface area contributed by atoms with Gasteiger partial charge in [0.15, 0.2) is 6.10 Å². The number of fused-ring (bicyclic) bond motifs is 3. The summed E-state index contributed by atoms with van der Waals surface area (Å²) in [5.41, 5.74) is 1.21. The molecule has 7 nitrogen and oxygen atoms in total. The van der Waals surface area contributed by atoms with Gasteiger partial charge in [0.1, 0.15) is 12.4 Å². The molecule has 4 unspecified atom stereocenters. The second-order valence-electron chi connectivity index (χ2n) is 8.86. The summed E-state index contributed by atoms with van der Waals surface area (Å²) in [5, 5.41) is 2.80. The first-order chi connectivity index (χ1) is 16.0. The lowest BCUT2D eigenvalue weighted by Gasteiger charge is -2.42. The molecule has 0 spiro atoms. The van der Waals surface area contributed by atoms with Crippen molar-refractivity contribution in [1.82, 2.24) is 10.2 Å². The number of urea groups is 1. The number of carbonyl (C=O) groups excluding carboxylic acids is 3. The number of hydrogen-bond acceptors (Lipinski definition) is 4. The third-order valence-electron chi connectivity index (χ3n) is 6.82. The minimum Gasteiger partial charge on any atom is -0.363 e. The number of para-hydroxylation sites is 1. The lowest BCUT2D eigenvalue weighted by molar-refractivity contribution is -0.134. The van der Waals surface area contributed by atoms with Crippen molar-refractivity contribution in [3.8, 4) is 0 Å². The molecule has 5 rings (SSSR count). The topological polar surface area (TPSA) is 79.0 Å². The molecule has 2 aromatic carbocycles. The number of nitrogens with zero attached hydrogens (tertiary/aromatic N) is 2. The third kappa shape index (κ3) is 4.11. The molecule has 2 aromatic rings. The molecule has 172 valence electrons. The number of benzene rings is 2. The predicted molar refractivity (Wildman–Crippen MR) is 119 cm³/mol. The Morgan fingerprint density at radius 3 is 2.52 bits per heavy atom. The van der Waals surface area contributed by atoms with Gasteiger partial charge in [-0.3, -0.25) is 9.59 Å². The molecule has 2 saturated heterocycles. The smallest absolute Gasteiger partial charge is 0.332 e. The van der Waals surface area contributed by atoms with Crippen LogP contribution in [0.25, 0.3) is 0 Å². The zero-order valence-corrected chi connectivity index (χ0v) is 18.2. The van der Waals surface area contributed by atoms with E-state index in [1.165, 1.54) is 17.0 Å². The maximum Gasteiger partial charge on any atom is 0.332 e.